The van der Waals surface area contributed by atoms with Crippen LogP contribution in [0.3, 0.4) is 0 Å². The highest BCUT2D eigenvalue weighted by atomic mass is 35.5. The summed E-state index contributed by atoms with van der Waals surface area (Å²) in [6.45, 7) is 0.530. The molecule has 0 saturated carbocycles. The molecule has 270 valence electrons. The van der Waals surface area contributed by atoms with Gasteiger partial charge >= 0.3 is 0 Å². The highest BCUT2D eigenvalue weighted by Gasteiger charge is 2.13. The van der Waals surface area contributed by atoms with Crippen LogP contribution in [-0.2, 0) is 40.0 Å². The van der Waals surface area contributed by atoms with Gasteiger partial charge in [-0.2, -0.15) is 10.2 Å². The van der Waals surface area contributed by atoms with Crippen LogP contribution in [0.25, 0.3) is 22.1 Å². The van der Waals surface area contributed by atoms with E-state index in [-0.39, 0.29) is 17.9 Å². The van der Waals surface area contributed by atoms with Gasteiger partial charge in [0.1, 0.15) is 40.4 Å². The van der Waals surface area contributed by atoms with E-state index in [2.05, 4.69) is 40.8 Å². The van der Waals surface area contributed by atoms with Crippen LogP contribution in [0.1, 0.15) is 33.6 Å². The minimum atomic E-state index is -0.471. The fourth-order valence-corrected chi connectivity index (χ4v) is 6.27. The predicted octanol–water partition coefficient (Wildman–Crippen LogP) is 8.72. The quantitative estimate of drug-likeness (QED) is 0.111. The van der Waals surface area contributed by atoms with Crippen LogP contribution in [0.4, 0.5) is 24.8 Å². The van der Waals surface area contributed by atoms with E-state index in [0.717, 1.165) is 56.7 Å². The number of aryl methyl sites for hydroxylation is 2. The minimum Gasteiger partial charge on any atom is -0.364 e. The summed E-state index contributed by atoms with van der Waals surface area (Å²) < 4.78 is 44.3. The highest BCUT2D eigenvalue weighted by Crippen LogP contribution is 2.25. The highest BCUT2D eigenvalue weighted by molar-refractivity contribution is 6.31. The molecule has 10 nitrogen and oxygen atoms in total. The van der Waals surface area contributed by atoms with Gasteiger partial charge in [0, 0.05) is 110 Å². The van der Waals surface area contributed by atoms with Crippen molar-refractivity contribution >= 4 is 56.9 Å². The zero-order valence-corrected chi connectivity index (χ0v) is 30.1. The smallest absolute Gasteiger partial charge is 0.148 e. The second-order valence-corrected chi connectivity index (χ2v) is 13.3. The Kier molecular flexibility index (Phi) is 10.4. The first-order valence-corrected chi connectivity index (χ1v) is 17.3. The summed E-state index contributed by atoms with van der Waals surface area (Å²) in [6, 6.07) is 17.7. The van der Waals surface area contributed by atoms with E-state index in [4.69, 9.17) is 23.2 Å². The first-order valence-electron chi connectivity index (χ1n) is 16.5. The molecular formula is C38H33Cl2F3N10. The number of nitrogens with zero attached hydrogens (tertiary/aromatic N) is 6. The SMILES string of the molecule is Cn1nc(NCc2cc(F)ccc2F)cc1Cc1c[nH]c2ncc(Cl)cc12.Cn1nc(NCc2ccccc2F)cc1Cc1c[nH]c2ncc(Cl)cc12. The maximum Gasteiger partial charge on any atom is 0.148 e. The Morgan fingerprint density at radius 3 is 1.68 bits per heavy atom. The van der Waals surface area contributed by atoms with Crippen molar-refractivity contribution in [3.8, 4) is 0 Å². The number of H-pyrrole nitrogens is 2. The number of nitrogens with one attached hydrogen (secondary N) is 4. The van der Waals surface area contributed by atoms with E-state index in [1.54, 1.807) is 29.2 Å². The molecule has 0 unspecified atom stereocenters. The van der Waals surface area contributed by atoms with Crippen molar-refractivity contribution in [3.63, 3.8) is 0 Å². The van der Waals surface area contributed by atoms with E-state index in [9.17, 15) is 13.2 Å². The summed E-state index contributed by atoms with van der Waals surface area (Å²) in [4.78, 5) is 14.8. The summed E-state index contributed by atoms with van der Waals surface area (Å²) in [6.07, 6.45) is 8.37. The molecule has 0 aliphatic rings. The van der Waals surface area contributed by atoms with E-state index >= 15 is 0 Å². The Hall–Kier alpha value is -5.79. The zero-order valence-electron chi connectivity index (χ0n) is 28.6. The van der Waals surface area contributed by atoms with Crippen LogP contribution in [0.2, 0.25) is 10.0 Å². The first kappa shape index (κ1) is 35.6. The van der Waals surface area contributed by atoms with E-state index < -0.39 is 11.6 Å². The van der Waals surface area contributed by atoms with Gasteiger partial charge in [0.15, 0.2) is 0 Å². The number of rotatable bonds is 10. The number of anilines is 2. The third kappa shape index (κ3) is 8.32. The first-order chi connectivity index (χ1) is 25.6. The van der Waals surface area contributed by atoms with Gasteiger partial charge < -0.3 is 20.6 Å². The van der Waals surface area contributed by atoms with Crippen molar-refractivity contribution in [1.82, 2.24) is 39.5 Å². The zero-order chi connectivity index (χ0) is 37.1. The molecule has 0 saturated heterocycles. The molecule has 8 aromatic rings. The Labute approximate surface area is 312 Å². The predicted molar refractivity (Wildman–Crippen MR) is 202 cm³/mol. The number of hydrogen-bond acceptors (Lipinski definition) is 6. The van der Waals surface area contributed by atoms with Gasteiger partial charge in [0.2, 0.25) is 0 Å². The monoisotopic (exact) mass is 756 g/mol. The summed E-state index contributed by atoms with van der Waals surface area (Å²) in [5.74, 6) is 0.151. The largest absolute Gasteiger partial charge is 0.364 e. The summed E-state index contributed by atoms with van der Waals surface area (Å²) >= 11 is 12.1. The Morgan fingerprint density at radius 2 is 1.13 bits per heavy atom. The molecule has 0 fully saturated rings. The standard InChI is InChI=1S/C19H16ClF2N5.C19H17ClFN5/c1-27-15(5-11-8-24-19-16(11)6-13(20)10-25-19)7-18(26-27)23-9-12-4-14(21)2-3-17(12)22;1-26-15(6-13-10-23-19-16(13)7-14(20)11-24-19)8-18(25-26)22-9-12-4-2-3-5-17(12)21/h2-4,6-8,10H,5,9H2,1H3,(H,23,26)(H,24,25);2-5,7-8,10-11H,6,9H2,1H3,(H,22,25)(H,23,24). The molecule has 8 rings (SSSR count). The average molecular weight is 758 g/mol. The maximum atomic E-state index is 13.7. The van der Waals surface area contributed by atoms with E-state index in [1.807, 2.05) is 61.5 Å². The van der Waals surface area contributed by atoms with Gasteiger partial charge in [-0.15, -0.1) is 0 Å². The Morgan fingerprint density at radius 1 is 0.623 bits per heavy atom. The molecule has 0 amide bonds. The van der Waals surface area contributed by atoms with Crippen LogP contribution in [0.15, 0.2) is 91.5 Å². The van der Waals surface area contributed by atoms with Gasteiger partial charge in [-0.25, -0.2) is 23.1 Å². The number of aromatic amines is 2. The number of hydrogen-bond donors (Lipinski definition) is 4. The summed E-state index contributed by atoms with van der Waals surface area (Å²) in [7, 11) is 3.73. The molecule has 6 heterocycles. The van der Waals surface area contributed by atoms with Crippen molar-refractivity contribution in [2.75, 3.05) is 10.6 Å². The molecule has 15 heteroatoms. The average Bonchev–Trinajstić information content (AvgIpc) is 3.91. The molecule has 4 N–H and O–H groups in total. The third-order valence-corrected chi connectivity index (χ3v) is 9.16. The lowest BCUT2D eigenvalue weighted by Crippen LogP contribution is -2.03. The number of pyridine rings is 2. The molecule has 53 heavy (non-hydrogen) atoms. The topological polar surface area (TPSA) is 117 Å². The fourth-order valence-electron chi connectivity index (χ4n) is 5.95. The minimum absolute atomic E-state index is 0.145. The lowest BCUT2D eigenvalue weighted by atomic mass is 10.1. The van der Waals surface area contributed by atoms with Gasteiger partial charge in [0.05, 0.1) is 10.0 Å². The van der Waals surface area contributed by atoms with Crippen LogP contribution in [-0.4, -0.2) is 39.5 Å². The van der Waals surface area contributed by atoms with E-state index in [1.165, 1.54) is 12.1 Å². The Bertz CT molecular complexity index is 2540. The molecule has 0 aliphatic carbocycles. The number of halogens is 5. The van der Waals surface area contributed by atoms with Crippen molar-refractivity contribution in [3.05, 3.63) is 153 Å². The van der Waals surface area contributed by atoms with Crippen molar-refractivity contribution < 1.29 is 13.2 Å². The molecule has 0 atom stereocenters. The molecule has 0 spiro atoms. The van der Waals surface area contributed by atoms with Gasteiger partial charge in [-0.1, -0.05) is 41.4 Å². The molecule has 0 radical (unpaired) electrons. The second kappa shape index (κ2) is 15.4. The number of benzene rings is 2. The fraction of sp³-hybridized carbons (Fsp3) is 0.158. The summed E-state index contributed by atoms with van der Waals surface area (Å²) in [5.41, 5.74) is 6.57. The molecule has 6 aromatic heterocycles. The van der Waals surface area contributed by atoms with Crippen molar-refractivity contribution in [2.45, 2.75) is 25.9 Å². The summed E-state index contributed by atoms with van der Waals surface area (Å²) in [5, 5.41) is 18.2. The maximum absolute atomic E-state index is 13.7. The van der Waals surface area contributed by atoms with Crippen LogP contribution >= 0.6 is 23.2 Å². The van der Waals surface area contributed by atoms with Crippen LogP contribution in [0.5, 0.6) is 0 Å². The van der Waals surface area contributed by atoms with Crippen molar-refractivity contribution in [1.29, 1.82) is 0 Å². The second-order valence-electron chi connectivity index (χ2n) is 12.4. The molecule has 0 bridgehead atoms. The Balaban J connectivity index is 0.000000164. The molecule has 0 aliphatic heterocycles. The lowest BCUT2D eigenvalue weighted by molar-refractivity contribution is 0.587. The van der Waals surface area contributed by atoms with Crippen LogP contribution < -0.4 is 10.6 Å². The van der Waals surface area contributed by atoms with Gasteiger partial charge in [-0.3, -0.25) is 9.36 Å². The van der Waals surface area contributed by atoms with Gasteiger partial charge in [0.25, 0.3) is 0 Å². The normalized spacial score (nSPS) is 11.2. The van der Waals surface area contributed by atoms with E-state index in [0.29, 0.717) is 46.6 Å². The van der Waals surface area contributed by atoms with Crippen LogP contribution in [0, 0.1) is 17.5 Å². The molecule has 2 aromatic carbocycles. The van der Waals surface area contributed by atoms with Crippen molar-refractivity contribution in [2.24, 2.45) is 14.1 Å². The lowest BCUT2D eigenvalue weighted by Gasteiger charge is -2.04. The van der Waals surface area contributed by atoms with Gasteiger partial charge in [-0.05, 0) is 47.5 Å². The number of aromatic nitrogens is 8. The number of fused-ring (bicyclic) bond motifs is 2. The molecular weight excluding hydrogens is 724 g/mol. The third-order valence-electron chi connectivity index (χ3n) is 8.75.